The topological polar surface area (TPSA) is 94.8 Å². The van der Waals surface area contributed by atoms with Gasteiger partial charge in [0.05, 0.1) is 6.10 Å². The molecular weight excluding hydrogens is 358 g/mol. The third kappa shape index (κ3) is 7.89. The van der Waals surface area contributed by atoms with E-state index in [0.717, 1.165) is 6.08 Å². The summed E-state index contributed by atoms with van der Waals surface area (Å²) in [5.74, 6) is -5.07. The first-order valence-corrected chi connectivity index (χ1v) is 9.53. The SMILES string of the molecule is CCCCC(O)C(F)(F)CC=C1C(=O)C[C@H](O)[C@@H]1CC=CCCCC(=O)O. The average Bonchev–Trinajstić information content (AvgIpc) is 2.86. The summed E-state index contributed by atoms with van der Waals surface area (Å²) in [6.45, 7) is 1.85. The number of aliphatic hydroxyl groups is 2. The van der Waals surface area contributed by atoms with E-state index < -0.39 is 36.4 Å². The molecule has 1 aliphatic rings. The number of unbranched alkanes of at least 4 members (excludes halogenated alkanes) is 2. The summed E-state index contributed by atoms with van der Waals surface area (Å²) in [5, 5.41) is 28.3. The van der Waals surface area contributed by atoms with Crippen molar-refractivity contribution < 1.29 is 33.7 Å². The Morgan fingerprint density at radius 1 is 1.33 bits per heavy atom. The van der Waals surface area contributed by atoms with Gasteiger partial charge in [-0.2, -0.15) is 0 Å². The quantitative estimate of drug-likeness (QED) is 0.270. The van der Waals surface area contributed by atoms with Gasteiger partial charge >= 0.3 is 5.97 Å². The highest BCUT2D eigenvalue weighted by atomic mass is 19.3. The van der Waals surface area contributed by atoms with E-state index in [1.165, 1.54) is 0 Å². The molecule has 0 aromatic carbocycles. The molecule has 1 rings (SSSR count). The van der Waals surface area contributed by atoms with E-state index in [0.29, 0.717) is 32.1 Å². The minimum absolute atomic E-state index is 0.00571. The fraction of sp³-hybridized carbons (Fsp3) is 0.700. The molecule has 5 nitrogen and oxygen atoms in total. The number of hydrogen-bond acceptors (Lipinski definition) is 4. The van der Waals surface area contributed by atoms with E-state index in [9.17, 15) is 28.6 Å². The first kappa shape index (κ1) is 23.4. The Hall–Kier alpha value is -1.60. The normalized spacial score (nSPS) is 23.4. The number of carbonyl (C=O) groups excluding carboxylic acids is 1. The predicted octanol–water partition coefficient (Wildman–Crippen LogP) is 3.64. The molecule has 154 valence electrons. The molecule has 0 saturated heterocycles. The highest BCUT2D eigenvalue weighted by molar-refractivity contribution is 5.98. The number of ketones is 1. The fourth-order valence-corrected chi connectivity index (χ4v) is 3.14. The summed E-state index contributed by atoms with van der Waals surface area (Å²) in [7, 11) is 0. The number of Topliss-reactive ketones (excluding diaryl/α,β-unsaturated/α-hetero) is 1. The molecule has 0 radical (unpaired) electrons. The Bertz CT molecular complexity index is 557. The summed E-state index contributed by atoms with van der Waals surface area (Å²) in [5.41, 5.74) is 0.194. The maximum Gasteiger partial charge on any atom is 0.303 e. The number of carbonyl (C=O) groups is 2. The van der Waals surface area contributed by atoms with Crippen molar-refractivity contribution in [3.63, 3.8) is 0 Å². The van der Waals surface area contributed by atoms with Crippen molar-refractivity contribution in [2.75, 3.05) is 0 Å². The van der Waals surface area contributed by atoms with Gasteiger partial charge in [0.15, 0.2) is 5.78 Å². The lowest BCUT2D eigenvalue weighted by Gasteiger charge is -2.22. The highest BCUT2D eigenvalue weighted by Crippen LogP contribution is 2.35. The summed E-state index contributed by atoms with van der Waals surface area (Å²) < 4.78 is 28.1. The molecule has 0 aliphatic heterocycles. The molecule has 0 bridgehead atoms. The lowest BCUT2D eigenvalue weighted by atomic mass is 9.94. The molecule has 0 spiro atoms. The Morgan fingerprint density at radius 3 is 2.67 bits per heavy atom. The monoisotopic (exact) mass is 388 g/mol. The van der Waals surface area contributed by atoms with Crippen LogP contribution in [0.25, 0.3) is 0 Å². The van der Waals surface area contributed by atoms with Crippen LogP contribution >= 0.6 is 0 Å². The van der Waals surface area contributed by atoms with Gasteiger partial charge in [-0.1, -0.05) is 38.0 Å². The van der Waals surface area contributed by atoms with Crippen molar-refractivity contribution in [1.29, 1.82) is 0 Å². The molecule has 1 aliphatic carbocycles. The third-order valence-electron chi connectivity index (χ3n) is 4.81. The molecule has 7 heteroatoms. The van der Waals surface area contributed by atoms with Gasteiger partial charge in [0.25, 0.3) is 5.92 Å². The molecule has 0 heterocycles. The van der Waals surface area contributed by atoms with Crippen molar-refractivity contribution in [3.8, 4) is 0 Å². The van der Waals surface area contributed by atoms with Gasteiger partial charge in [0.2, 0.25) is 0 Å². The van der Waals surface area contributed by atoms with Crippen LogP contribution in [0, 0.1) is 5.92 Å². The molecule has 0 aromatic heterocycles. The number of aliphatic carboxylic acids is 1. The maximum atomic E-state index is 14.1. The van der Waals surface area contributed by atoms with Crippen LogP contribution in [0.3, 0.4) is 0 Å². The number of alkyl halides is 2. The van der Waals surface area contributed by atoms with Gasteiger partial charge in [-0.3, -0.25) is 9.59 Å². The summed E-state index contributed by atoms with van der Waals surface area (Å²) in [6.07, 6.45) is 3.86. The van der Waals surface area contributed by atoms with Crippen LogP contribution < -0.4 is 0 Å². The largest absolute Gasteiger partial charge is 0.481 e. The lowest BCUT2D eigenvalue weighted by Crippen LogP contribution is -2.33. The lowest BCUT2D eigenvalue weighted by molar-refractivity contribution is -0.137. The van der Waals surface area contributed by atoms with Crippen LogP contribution in [0.4, 0.5) is 8.78 Å². The molecule has 27 heavy (non-hydrogen) atoms. The first-order valence-electron chi connectivity index (χ1n) is 9.53. The van der Waals surface area contributed by atoms with Crippen LogP contribution in [0.5, 0.6) is 0 Å². The number of carboxylic acids is 1. The van der Waals surface area contributed by atoms with Crippen molar-refractivity contribution in [2.24, 2.45) is 5.92 Å². The molecule has 3 atom stereocenters. The Morgan fingerprint density at radius 2 is 2.04 bits per heavy atom. The van der Waals surface area contributed by atoms with Crippen molar-refractivity contribution >= 4 is 11.8 Å². The molecule has 1 saturated carbocycles. The first-order chi connectivity index (χ1) is 12.7. The number of hydrogen-bond donors (Lipinski definition) is 3. The minimum atomic E-state index is -3.31. The van der Waals surface area contributed by atoms with E-state index in [1.807, 2.05) is 6.92 Å². The van der Waals surface area contributed by atoms with Crippen molar-refractivity contribution in [1.82, 2.24) is 0 Å². The molecule has 3 N–H and O–H groups in total. The van der Waals surface area contributed by atoms with Gasteiger partial charge in [0, 0.05) is 25.2 Å². The zero-order chi connectivity index (χ0) is 20.4. The van der Waals surface area contributed by atoms with Gasteiger partial charge in [-0.15, -0.1) is 0 Å². The fourth-order valence-electron chi connectivity index (χ4n) is 3.14. The van der Waals surface area contributed by atoms with E-state index in [1.54, 1.807) is 12.2 Å². The number of allylic oxidation sites excluding steroid dienone is 3. The third-order valence-corrected chi connectivity index (χ3v) is 4.81. The van der Waals surface area contributed by atoms with E-state index in [-0.39, 0.29) is 30.6 Å². The van der Waals surface area contributed by atoms with Gasteiger partial charge in [-0.05, 0) is 31.3 Å². The van der Waals surface area contributed by atoms with Crippen LogP contribution in [-0.2, 0) is 9.59 Å². The summed E-state index contributed by atoms with van der Waals surface area (Å²) in [6, 6.07) is 0. The number of halogens is 2. The van der Waals surface area contributed by atoms with Crippen molar-refractivity contribution in [3.05, 3.63) is 23.8 Å². The Balaban J connectivity index is 2.66. The molecule has 0 amide bonds. The van der Waals surface area contributed by atoms with E-state index >= 15 is 0 Å². The Labute approximate surface area is 158 Å². The number of aliphatic hydroxyl groups excluding tert-OH is 2. The summed E-state index contributed by atoms with van der Waals surface area (Å²) in [4.78, 5) is 22.5. The van der Waals surface area contributed by atoms with Gasteiger partial charge < -0.3 is 15.3 Å². The second kappa shape index (κ2) is 11.3. The van der Waals surface area contributed by atoms with Crippen LogP contribution in [0.15, 0.2) is 23.8 Å². The van der Waals surface area contributed by atoms with Crippen LogP contribution in [-0.4, -0.2) is 45.2 Å². The number of rotatable bonds is 12. The molecule has 1 unspecified atom stereocenters. The van der Waals surface area contributed by atoms with Crippen molar-refractivity contribution in [2.45, 2.75) is 82.8 Å². The molecule has 0 aromatic rings. The second-order valence-corrected chi connectivity index (χ2v) is 7.08. The van der Waals surface area contributed by atoms with Crippen LogP contribution in [0.2, 0.25) is 0 Å². The standard InChI is InChI=1S/C20H30F2O5/c1-2-3-9-18(25)20(21,22)12-11-15-14(16(23)13-17(15)24)8-6-4-5-7-10-19(26)27/h4,6,11,14,16,18,23,25H,2-3,5,7-10,12-13H2,1H3,(H,26,27)/t14-,16+,18?/m1/s1. The number of carboxylic acid groups (broad SMARTS) is 1. The predicted molar refractivity (Wildman–Crippen MR) is 97.5 cm³/mol. The molecule has 1 fully saturated rings. The van der Waals surface area contributed by atoms with E-state index in [4.69, 9.17) is 5.11 Å². The Kier molecular flexibility index (Phi) is 9.80. The molecular formula is C20H30F2O5. The zero-order valence-corrected chi connectivity index (χ0v) is 15.7. The maximum absolute atomic E-state index is 14.1. The smallest absolute Gasteiger partial charge is 0.303 e. The average molecular weight is 388 g/mol. The second-order valence-electron chi connectivity index (χ2n) is 7.08. The zero-order valence-electron chi connectivity index (χ0n) is 15.7. The van der Waals surface area contributed by atoms with Gasteiger partial charge in [-0.25, -0.2) is 8.78 Å². The van der Waals surface area contributed by atoms with E-state index in [2.05, 4.69) is 0 Å². The van der Waals surface area contributed by atoms with Gasteiger partial charge in [0.1, 0.15) is 6.10 Å². The highest BCUT2D eigenvalue weighted by Gasteiger charge is 2.40. The summed E-state index contributed by atoms with van der Waals surface area (Å²) >= 11 is 0. The minimum Gasteiger partial charge on any atom is -0.481 e. The van der Waals surface area contributed by atoms with Crippen LogP contribution in [0.1, 0.15) is 64.7 Å².